The van der Waals surface area contributed by atoms with E-state index in [1.165, 1.54) is 7.11 Å². The van der Waals surface area contributed by atoms with Crippen LogP contribution in [0.4, 0.5) is 0 Å². The van der Waals surface area contributed by atoms with Gasteiger partial charge in [0.1, 0.15) is 0 Å². The van der Waals surface area contributed by atoms with Crippen molar-refractivity contribution < 1.29 is 19.4 Å². The average molecular weight is 346 g/mol. The van der Waals surface area contributed by atoms with E-state index in [1.54, 1.807) is 12.1 Å². The molecule has 1 amide bonds. The molecule has 0 fully saturated rings. The number of hydrogen-bond donors (Lipinski definition) is 2. The molecular weight excluding hydrogens is 326 g/mol. The molecule has 0 saturated carbocycles. The second kappa shape index (κ2) is 8.11. The van der Waals surface area contributed by atoms with Crippen LogP contribution in [0.25, 0.3) is 0 Å². The fourth-order valence-corrected chi connectivity index (χ4v) is 2.12. The zero-order valence-corrected chi connectivity index (χ0v) is 13.5. The summed E-state index contributed by atoms with van der Waals surface area (Å²) in [5, 5.41) is 11.9. The van der Waals surface area contributed by atoms with E-state index < -0.39 is 0 Å². The number of ether oxygens (including phenoxy) is 2. The van der Waals surface area contributed by atoms with Crippen LogP contribution >= 0.6 is 15.9 Å². The highest BCUT2D eigenvalue weighted by Crippen LogP contribution is 2.36. The molecular formula is C14H20BrNO4. The number of aliphatic hydroxyl groups is 1. The van der Waals surface area contributed by atoms with Gasteiger partial charge in [0.15, 0.2) is 18.1 Å². The van der Waals surface area contributed by atoms with Gasteiger partial charge in [-0.2, -0.15) is 0 Å². The van der Waals surface area contributed by atoms with Crippen LogP contribution in [0, 0.1) is 5.92 Å². The SMILES string of the molecule is COc1cc(CO)cc(Br)c1OCC(=O)NCC(C)C. The fourth-order valence-electron chi connectivity index (χ4n) is 1.51. The van der Waals surface area contributed by atoms with Crippen molar-refractivity contribution in [3.63, 3.8) is 0 Å². The van der Waals surface area contributed by atoms with Crippen molar-refractivity contribution in [2.45, 2.75) is 20.5 Å². The number of hydrogen-bond acceptors (Lipinski definition) is 4. The third-order valence-corrected chi connectivity index (χ3v) is 3.12. The van der Waals surface area contributed by atoms with Crippen LogP contribution in [0.15, 0.2) is 16.6 Å². The molecule has 0 heterocycles. The molecule has 0 atom stereocenters. The summed E-state index contributed by atoms with van der Waals surface area (Å²) in [6.45, 7) is 4.48. The quantitative estimate of drug-likeness (QED) is 0.794. The van der Waals surface area contributed by atoms with E-state index in [-0.39, 0.29) is 19.1 Å². The van der Waals surface area contributed by atoms with Gasteiger partial charge < -0.3 is 19.9 Å². The summed E-state index contributed by atoms with van der Waals surface area (Å²) in [5.74, 6) is 1.13. The molecule has 1 aromatic carbocycles. The molecule has 0 aliphatic heterocycles. The Labute approximate surface area is 127 Å². The van der Waals surface area contributed by atoms with Crippen LogP contribution < -0.4 is 14.8 Å². The number of carbonyl (C=O) groups excluding carboxylic acids is 1. The van der Waals surface area contributed by atoms with Crippen LogP contribution in [-0.2, 0) is 11.4 Å². The Morgan fingerprint density at radius 3 is 2.70 bits per heavy atom. The maximum absolute atomic E-state index is 11.6. The minimum atomic E-state index is -0.182. The number of nitrogens with one attached hydrogen (secondary N) is 1. The Morgan fingerprint density at radius 1 is 1.45 bits per heavy atom. The molecule has 0 aromatic heterocycles. The van der Waals surface area contributed by atoms with Crippen molar-refractivity contribution in [3.8, 4) is 11.5 Å². The molecule has 112 valence electrons. The van der Waals surface area contributed by atoms with Gasteiger partial charge in [0.05, 0.1) is 18.2 Å². The van der Waals surface area contributed by atoms with Gasteiger partial charge in [0.2, 0.25) is 0 Å². The lowest BCUT2D eigenvalue weighted by Crippen LogP contribution is -2.31. The van der Waals surface area contributed by atoms with Crippen molar-refractivity contribution in [2.24, 2.45) is 5.92 Å². The highest BCUT2D eigenvalue weighted by Gasteiger charge is 2.13. The predicted octanol–water partition coefficient (Wildman–Crippen LogP) is 2.10. The van der Waals surface area contributed by atoms with Gasteiger partial charge in [-0.15, -0.1) is 0 Å². The standard InChI is InChI=1S/C14H20BrNO4/c1-9(2)6-16-13(18)8-20-14-11(15)4-10(7-17)5-12(14)19-3/h4-5,9,17H,6-8H2,1-3H3,(H,16,18). The first kappa shape index (κ1) is 16.8. The molecule has 0 saturated heterocycles. The summed E-state index contributed by atoms with van der Waals surface area (Å²) in [7, 11) is 1.51. The maximum atomic E-state index is 11.6. The number of methoxy groups -OCH3 is 1. The third kappa shape index (κ3) is 5.02. The average Bonchev–Trinajstić information content (AvgIpc) is 2.42. The van der Waals surface area contributed by atoms with Crippen LogP contribution in [-0.4, -0.2) is 31.3 Å². The summed E-state index contributed by atoms with van der Waals surface area (Å²) >= 11 is 3.34. The van der Waals surface area contributed by atoms with E-state index in [1.807, 2.05) is 13.8 Å². The summed E-state index contributed by atoms with van der Waals surface area (Å²) in [6.07, 6.45) is 0. The Morgan fingerprint density at radius 2 is 2.15 bits per heavy atom. The topological polar surface area (TPSA) is 67.8 Å². The van der Waals surface area contributed by atoms with E-state index in [4.69, 9.17) is 14.6 Å². The molecule has 5 nitrogen and oxygen atoms in total. The van der Waals surface area contributed by atoms with Gasteiger partial charge >= 0.3 is 0 Å². The molecule has 0 radical (unpaired) electrons. The Balaban J connectivity index is 2.70. The Bertz CT molecular complexity index is 463. The summed E-state index contributed by atoms with van der Waals surface area (Å²) in [5.41, 5.74) is 0.699. The lowest BCUT2D eigenvalue weighted by atomic mass is 10.2. The molecule has 0 spiro atoms. The van der Waals surface area contributed by atoms with Crippen LogP contribution in [0.1, 0.15) is 19.4 Å². The van der Waals surface area contributed by atoms with Gasteiger partial charge in [0, 0.05) is 6.54 Å². The fraction of sp³-hybridized carbons (Fsp3) is 0.500. The van der Waals surface area contributed by atoms with Crippen molar-refractivity contribution in [1.82, 2.24) is 5.32 Å². The number of carbonyl (C=O) groups is 1. The lowest BCUT2D eigenvalue weighted by Gasteiger charge is -2.14. The van der Waals surface area contributed by atoms with Crippen molar-refractivity contribution in [3.05, 3.63) is 22.2 Å². The van der Waals surface area contributed by atoms with Gasteiger partial charge in [-0.25, -0.2) is 0 Å². The summed E-state index contributed by atoms with van der Waals surface area (Å²) < 4.78 is 11.3. The molecule has 0 aliphatic rings. The molecule has 0 aliphatic carbocycles. The number of rotatable bonds is 7. The summed E-state index contributed by atoms with van der Waals surface area (Å²) in [6, 6.07) is 3.40. The first-order chi connectivity index (χ1) is 9.47. The number of halogens is 1. The Kier molecular flexibility index (Phi) is 6.81. The molecule has 0 unspecified atom stereocenters. The number of amides is 1. The van der Waals surface area contributed by atoms with Crippen LogP contribution in [0.2, 0.25) is 0 Å². The van der Waals surface area contributed by atoms with E-state index in [0.29, 0.717) is 34.0 Å². The van der Waals surface area contributed by atoms with Gasteiger partial charge in [-0.05, 0) is 39.5 Å². The predicted molar refractivity (Wildman–Crippen MR) is 80.0 cm³/mol. The highest BCUT2D eigenvalue weighted by molar-refractivity contribution is 9.10. The van der Waals surface area contributed by atoms with E-state index in [2.05, 4.69) is 21.2 Å². The zero-order valence-electron chi connectivity index (χ0n) is 11.9. The second-order valence-electron chi connectivity index (χ2n) is 4.75. The number of aliphatic hydroxyl groups excluding tert-OH is 1. The van der Waals surface area contributed by atoms with Crippen molar-refractivity contribution in [2.75, 3.05) is 20.3 Å². The Hall–Kier alpha value is -1.27. The first-order valence-corrected chi connectivity index (χ1v) is 7.14. The third-order valence-electron chi connectivity index (χ3n) is 2.53. The summed E-state index contributed by atoms with van der Waals surface area (Å²) in [4.78, 5) is 11.6. The van der Waals surface area contributed by atoms with E-state index in [0.717, 1.165) is 0 Å². The highest BCUT2D eigenvalue weighted by atomic mass is 79.9. The lowest BCUT2D eigenvalue weighted by molar-refractivity contribution is -0.123. The molecule has 1 aromatic rings. The first-order valence-electron chi connectivity index (χ1n) is 6.34. The van der Waals surface area contributed by atoms with Gasteiger partial charge in [0.25, 0.3) is 5.91 Å². The molecule has 1 rings (SSSR count). The smallest absolute Gasteiger partial charge is 0.257 e. The maximum Gasteiger partial charge on any atom is 0.257 e. The molecule has 0 bridgehead atoms. The minimum Gasteiger partial charge on any atom is -0.493 e. The van der Waals surface area contributed by atoms with Crippen molar-refractivity contribution in [1.29, 1.82) is 0 Å². The van der Waals surface area contributed by atoms with Gasteiger partial charge in [-0.3, -0.25) is 4.79 Å². The van der Waals surface area contributed by atoms with E-state index >= 15 is 0 Å². The monoisotopic (exact) mass is 345 g/mol. The molecule has 2 N–H and O–H groups in total. The zero-order chi connectivity index (χ0) is 15.1. The molecule has 6 heteroatoms. The minimum absolute atomic E-state index is 0.0832. The second-order valence-corrected chi connectivity index (χ2v) is 5.61. The molecule has 20 heavy (non-hydrogen) atoms. The van der Waals surface area contributed by atoms with Crippen LogP contribution in [0.3, 0.4) is 0 Å². The van der Waals surface area contributed by atoms with Crippen molar-refractivity contribution >= 4 is 21.8 Å². The van der Waals surface area contributed by atoms with Gasteiger partial charge in [-0.1, -0.05) is 13.8 Å². The van der Waals surface area contributed by atoms with E-state index in [9.17, 15) is 4.79 Å². The normalized spacial score (nSPS) is 10.5. The largest absolute Gasteiger partial charge is 0.493 e. The number of benzene rings is 1. The van der Waals surface area contributed by atoms with Crippen LogP contribution in [0.5, 0.6) is 11.5 Å².